The predicted molar refractivity (Wildman–Crippen MR) is 91.5 cm³/mol. The molecule has 0 heterocycles. The summed E-state index contributed by atoms with van der Waals surface area (Å²) in [5.41, 5.74) is 0. The quantitative estimate of drug-likeness (QED) is 0.443. The van der Waals surface area contributed by atoms with E-state index in [1.807, 2.05) is 6.92 Å². The van der Waals surface area contributed by atoms with E-state index < -0.39 is 5.97 Å². The first kappa shape index (κ1) is 20.5. The van der Waals surface area contributed by atoms with Gasteiger partial charge in [-0.05, 0) is 24.2 Å². The average molecular weight is 299 g/mol. The van der Waals surface area contributed by atoms with Gasteiger partial charge in [-0.2, -0.15) is 0 Å². The molecule has 3 atom stereocenters. The molecule has 0 spiro atoms. The summed E-state index contributed by atoms with van der Waals surface area (Å²) in [7, 11) is 0. The van der Waals surface area contributed by atoms with Crippen LogP contribution in [0.4, 0.5) is 0 Å². The van der Waals surface area contributed by atoms with E-state index in [2.05, 4.69) is 27.7 Å². The minimum atomic E-state index is -0.655. The Labute approximate surface area is 132 Å². The first-order valence-electron chi connectivity index (χ1n) is 9.05. The lowest BCUT2D eigenvalue weighted by Crippen LogP contribution is -2.09. The first-order chi connectivity index (χ1) is 9.82. The zero-order chi connectivity index (χ0) is 16.3. The summed E-state index contributed by atoms with van der Waals surface area (Å²) in [5, 5.41) is 8.85. The van der Waals surface area contributed by atoms with Crippen molar-refractivity contribution >= 4 is 5.97 Å². The monoisotopic (exact) mass is 298 g/mol. The Morgan fingerprint density at radius 1 is 0.714 bits per heavy atom. The highest BCUT2D eigenvalue weighted by Crippen LogP contribution is 2.22. The molecular weight excluding hydrogens is 260 g/mol. The van der Waals surface area contributed by atoms with Crippen LogP contribution in [0.1, 0.15) is 92.4 Å². The van der Waals surface area contributed by atoms with Gasteiger partial charge in [0.1, 0.15) is 0 Å². The van der Waals surface area contributed by atoms with Crippen LogP contribution in [0, 0.1) is 23.7 Å². The molecule has 126 valence electrons. The summed E-state index contributed by atoms with van der Waals surface area (Å²) < 4.78 is 0. The maximum atomic E-state index is 10.8. The van der Waals surface area contributed by atoms with Crippen molar-refractivity contribution in [2.24, 2.45) is 23.7 Å². The average Bonchev–Trinajstić information content (AvgIpc) is 2.37. The highest BCUT2D eigenvalue weighted by molar-refractivity contribution is 5.69. The van der Waals surface area contributed by atoms with Crippen LogP contribution in [0.15, 0.2) is 0 Å². The number of carboxylic acids is 1. The van der Waals surface area contributed by atoms with E-state index in [9.17, 15) is 4.79 Å². The van der Waals surface area contributed by atoms with Crippen LogP contribution in [-0.2, 0) is 4.79 Å². The number of hydrogen-bond acceptors (Lipinski definition) is 1. The van der Waals surface area contributed by atoms with Crippen molar-refractivity contribution in [2.75, 3.05) is 0 Å². The Hall–Kier alpha value is -0.530. The molecule has 0 aliphatic heterocycles. The number of aliphatic carboxylic acids is 1. The number of rotatable bonds is 13. The normalized spacial score (nSPS) is 15.9. The Morgan fingerprint density at radius 3 is 1.48 bits per heavy atom. The highest BCUT2D eigenvalue weighted by Gasteiger charge is 2.11. The molecule has 0 aromatic carbocycles. The third-order valence-electron chi connectivity index (χ3n) is 4.63. The lowest BCUT2D eigenvalue weighted by atomic mass is 9.91. The molecule has 2 heteroatoms. The standard InChI is InChI=1S/C19H38O2/c1-15(2)9-6-10-16(3)11-7-12-17(4)13-8-14-18(5)19(20)21/h15-18H,6-14H2,1-5H3,(H,20,21)/t16-,17-,18+/m1/s1. The first-order valence-corrected chi connectivity index (χ1v) is 9.05. The van der Waals surface area contributed by atoms with E-state index in [4.69, 9.17) is 5.11 Å². The van der Waals surface area contributed by atoms with Gasteiger partial charge in [0.2, 0.25) is 0 Å². The molecule has 2 nitrogen and oxygen atoms in total. The number of carboxylic acid groups (broad SMARTS) is 1. The van der Waals surface area contributed by atoms with E-state index in [0.29, 0.717) is 0 Å². The third kappa shape index (κ3) is 12.9. The SMILES string of the molecule is CC(C)CCC[C@@H](C)CCC[C@@H](C)CCC[C@H](C)C(=O)O. The van der Waals surface area contributed by atoms with Crippen molar-refractivity contribution in [1.82, 2.24) is 0 Å². The van der Waals surface area contributed by atoms with Crippen LogP contribution in [0.3, 0.4) is 0 Å². The van der Waals surface area contributed by atoms with Crippen LogP contribution in [0.5, 0.6) is 0 Å². The largest absolute Gasteiger partial charge is 0.481 e. The maximum Gasteiger partial charge on any atom is 0.306 e. The van der Waals surface area contributed by atoms with Gasteiger partial charge in [0.15, 0.2) is 0 Å². The molecular formula is C19H38O2. The van der Waals surface area contributed by atoms with Gasteiger partial charge in [-0.1, -0.05) is 86.0 Å². The van der Waals surface area contributed by atoms with E-state index in [0.717, 1.165) is 30.6 Å². The molecule has 0 saturated carbocycles. The van der Waals surface area contributed by atoms with Crippen LogP contribution < -0.4 is 0 Å². The van der Waals surface area contributed by atoms with Crippen molar-refractivity contribution < 1.29 is 9.90 Å². The molecule has 0 rings (SSSR count). The smallest absolute Gasteiger partial charge is 0.306 e. The van der Waals surface area contributed by atoms with E-state index in [1.165, 1.54) is 44.9 Å². The summed E-state index contributed by atoms with van der Waals surface area (Å²) in [4.78, 5) is 10.8. The number of hydrogen-bond donors (Lipinski definition) is 1. The molecule has 0 aromatic rings. The van der Waals surface area contributed by atoms with Gasteiger partial charge in [0.25, 0.3) is 0 Å². The van der Waals surface area contributed by atoms with Crippen molar-refractivity contribution in [3.05, 3.63) is 0 Å². The predicted octanol–water partition coefficient (Wildman–Crippen LogP) is 6.15. The molecule has 1 N–H and O–H groups in total. The van der Waals surface area contributed by atoms with Gasteiger partial charge in [-0.3, -0.25) is 4.79 Å². The van der Waals surface area contributed by atoms with E-state index in [-0.39, 0.29) is 5.92 Å². The summed E-state index contributed by atoms with van der Waals surface area (Å²) >= 11 is 0. The zero-order valence-electron chi connectivity index (χ0n) is 15.0. The van der Waals surface area contributed by atoms with Crippen LogP contribution in [-0.4, -0.2) is 11.1 Å². The molecule has 0 unspecified atom stereocenters. The maximum absolute atomic E-state index is 10.8. The highest BCUT2D eigenvalue weighted by atomic mass is 16.4. The molecule has 21 heavy (non-hydrogen) atoms. The summed E-state index contributed by atoms with van der Waals surface area (Å²) in [6.07, 6.45) is 11.2. The zero-order valence-corrected chi connectivity index (χ0v) is 15.0. The van der Waals surface area contributed by atoms with Crippen molar-refractivity contribution in [2.45, 2.75) is 92.4 Å². The molecule has 0 fully saturated rings. The van der Waals surface area contributed by atoms with Gasteiger partial charge in [-0.25, -0.2) is 0 Å². The molecule has 0 saturated heterocycles. The fourth-order valence-electron chi connectivity index (χ4n) is 2.87. The third-order valence-corrected chi connectivity index (χ3v) is 4.63. The molecule has 0 aliphatic rings. The van der Waals surface area contributed by atoms with Gasteiger partial charge in [0, 0.05) is 0 Å². The van der Waals surface area contributed by atoms with Crippen molar-refractivity contribution in [3.63, 3.8) is 0 Å². The van der Waals surface area contributed by atoms with Crippen LogP contribution in [0.25, 0.3) is 0 Å². The fourth-order valence-corrected chi connectivity index (χ4v) is 2.87. The molecule has 0 radical (unpaired) electrons. The number of carbonyl (C=O) groups is 1. The summed E-state index contributed by atoms with van der Waals surface area (Å²) in [6.45, 7) is 11.1. The van der Waals surface area contributed by atoms with Gasteiger partial charge >= 0.3 is 5.97 Å². The Kier molecular flexibility index (Phi) is 11.8. The Balaban J connectivity index is 3.52. The summed E-state index contributed by atoms with van der Waals surface area (Å²) in [5.74, 6) is 1.61. The second-order valence-corrected chi connectivity index (χ2v) is 7.64. The lowest BCUT2D eigenvalue weighted by molar-refractivity contribution is -0.141. The minimum Gasteiger partial charge on any atom is -0.481 e. The molecule has 0 aromatic heterocycles. The molecule has 0 aliphatic carbocycles. The lowest BCUT2D eigenvalue weighted by Gasteiger charge is -2.15. The fraction of sp³-hybridized carbons (Fsp3) is 0.947. The minimum absolute atomic E-state index is 0.182. The molecule has 0 bridgehead atoms. The van der Waals surface area contributed by atoms with Crippen molar-refractivity contribution in [3.8, 4) is 0 Å². The van der Waals surface area contributed by atoms with Gasteiger partial charge in [-0.15, -0.1) is 0 Å². The topological polar surface area (TPSA) is 37.3 Å². The molecule has 0 amide bonds. The van der Waals surface area contributed by atoms with Crippen LogP contribution in [0.2, 0.25) is 0 Å². The Bertz CT molecular complexity index is 260. The van der Waals surface area contributed by atoms with Gasteiger partial charge < -0.3 is 5.11 Å². The second kappa shape index (κ2) is 12.1. The van der Waals surface area contributed by atoms with Crippen molar-refractivity contribution in [1.29, 1.82) is 0 Å². The Morgan fingerprint density at radius 2 is 1.10 bits per heavy atom. The summed E-state index contributed by atoms with van der Waals surface area (Å²) in [6, 6.07) is 0. The van der Waals surface area contributed by atoms with Gasteiger partial charge in [0.05, 0.1) is 5.92 Å². The van der Waals surface area contributed by atoms with Crippen LogP contribution >= 0.6 is 0 Å². The van der Waals surface area contributed by atoms with E-state index in [1.54, 1.807) is 0 Å². The second-order valence-electron chi connectivity index (χ2n) is 7.64. The van der Waals surface area contributed by atoms with E-state index >= 15 is 0 Å².